The summed E-state index contributed by atoms with van der Waals surface area (Å²) >= 11 is 0. The minimum atomic E-state index is -0.467. The van der Waals surface area contributed by atoms with Crippen molar-refractivity contribution in [3.63, 3.8) is 0 Å². The molecule has 1 atom stereocenters. The molecule has 0 aromatic rings. The number of amides is 2. The van der Waals surface area contributed by atoms with Crippen LogP contribution in [-0.4, -0.2) is 29.9 Å². The summed E-state index contributed by atoms with van der Waals surface area (Å²) < 4.78 is 0. The summed E-state index contributed by atoms with van der Waals surface area (Å²) in [5, 5.41) is 5.78. The van der Waals surface area contributed by atoms with Crippen molar-refractivity contribution in [1.29, 1.82) is 0 Å². The Morgan fingerprint density at radius 2 is 2.31 bits per heavy atom. The van der Waals surface area contributed by atoms with Crippen molar-refractivity contribution in [2.75, 3.05) is 6.54 Å². The quantitative estimate of drug-likeness (QED) is 0.501. The van der Waals surface area contributed by atoms with Gasteiger partial charge in [0.05, 0.1) is 12.5 Å². The molecule has 1 unspecified atom stereocenters. The summed E-state index contributed by atoms with van der Waals surface area (Å²) in [7, 11) is 0. The zero-order chi connectivity index (χ0) is 10.1. The minimum absolute atomic E-state index is 0.0575. The first kappa shape index (κ1) is 9.98. The van der Waals surface area contributed by atoms with E-state index < -0.39 is 11.9 Å². The van der Waals surface area contributed by atoms with Crippen molar-refractivity contribution in [2.45, 2.75) is 31.8 Å². The minimum Gasteiger partial charge on any atom is -0.370 e. The Morgan fingerprint density at radius 1 is 1.69 bits per heavy atom. The van der Waals surface area contributed by atoms with Gasteiger partial charge in [0.25, 0.3) is 0 Å². The first-order valence-corrected chi connectivity index (χ1v) is 4.24. The Labute approximate surface area is 77.1 Å². The van der Waals surface area contributed by atoms with Crippen LogP contribution in [0.15, 0.2) is 0 Å². The van der Waals surface area contributed by atoms with Crippen molar-refractivity contribution in [1.82, 2.24) is 10.6 Å². The molecular formula is C8H15N3O2. The summed E-state index contributed by atoms with van der Waals surface area (Å²) in [5.74, 6) is -0.623. The van der Waals surface area contributed by atoms with Crippen LogP contribution in [0.3, 0.4) is 0 Å². The number of nitrogens with one attached hydrogen (secondary N) is 2. The first-order valence-electron chi connectivity index (χ1n) is 4.24. The van der Waals surface area contributed by atoms with Gasteiger partial charge < -0.3 is 16.4 Å². The van der Waals surface area contributed by atoms with Crippen LogP contribution in [0.4, 0.5) is 0 Å². The van der Waals surface area contributed by atoms with Gasteiger partial charge in [0.2, 0.25) is 11.8 Å². The van der Waals surface area contributed by atoms with Gasteiger partial charge in [-0.25, -0.2) is 0 Å². The Hall–Kier alpha value is -1.10. The summed E-state index contributed by atoms with van der Waals surface area (Å²) in [6.45, 7) is 4.48. The molecule has 13 heavy (non-hydrogen) atoms. The maximum Gasteiger partial charge on any atom is 0.238 e. The summed E-state index contributed by atoms with van der Waals surface area (Å²) in [6.07, 6.45) is 0.0575. The molecule has 5 nitrogen and oxygen atoms in total. The molecule has 1 rings (SSSR count). The first-order chi connectivity index (χ1) is 5.91. The zero-order valence-corrected chi connectivity index (χ0v) is 7.89. The van der Waals surface area contributed by atoms with Gasteiger partial charge in [0, 0.05) is 12.1 Å². The fraction of sp³-hybridized carbons (Fsp3) is 0.750. The molecule has 0 spiro atoms. The zero-order valence-electron chi connectivity index (χ0n) is 7.89. The molecule has 1 aliphatic rings. The highest BCUT2D eigenvalue weighted by Crippen LogP contribution is 2.08. The van der Waals surface area contributed by atoms with Gasteiger partial charge in [0.1, 0.15) is 0 Å². The topological polar surface area (TPSA) is 84.2 Å². The van der Waals surface area contributed by atoms with Gasteiger partial charge in [-0.1, -0.05) is 0 Å². The second-order valence-electron chi connectivity index (χ2n) is 3.98. The van der Waals surface area contributed by atoms with Crippen LogP contribution in [0.5, 0.6) is 0 Å². The van der Waals surface area contributed by atoms with Gasteiger partial charge in [-0.2, -0.15) is 0 Å². The number of hydrogen-bond donors (Lipinski definition) is 3. The fourth-order valence-electron chi connectivity index (χ4n) is 1.30. The van der Waals surface area contributed by atoms with E-state index in [9.17, 15) is 9.59 Å². The van der Waals surface area contributed by atoms with Crippen LogP contribution in [-0.2, 0) is 9.59 Å². The maximum atomic E-state index is 11.4. The van der Waals surface area contributed by atoms with Gasteiger partial charge in [-0.3, -0.25) is 9.59 Å². The van der Waals surface area contributed by atoms with Crippen molar-refractivity contribution in [2.24, 2.45) is 5.73 Å². The Morgan fingerprint density at radius 3 is 2.77 bits per heavy atom. The van der Waals surface area contributed by atoms with Crippen molar-refractivity contribution in [3.05, 3.63) is 0 Å². The molecule has 0 saturated carbocycles. The number of carbonyl (C=O) groups excluding carboxylic acids is 2. The Balaban J connectivity index is 2.54. The van der Waals surface area contributed by atoms with Crippen molar-refractivity contribution in [3.8, 4) is 0 Å². The smallest absolute Gasteiger partial charge is 0.238 e. The molecule has 2 amide bonds. The summed E-state index contributed by atoms with van der Waals surface area (Å²) in [6, 6.07) is -0.467. The summed E-state index contributed by atoms with van der Waals surface area (Å²) in [4.78, 5) is 21.9. The molecular weight excluding hydrogens is 170 g/mol. The van der Waals surface area contributed by atoms with Gasteiger partial charge in [-0.15, -0.1) is 0 Å². The molecule has 1 aliphatic heterocycles. The lowest BCUT2D eigenvalue weighted by Crippen LogP contribution is -2.63. The number of piperazine rings is 1. The van der Waals surface area contributed by atoms with Gasteiger partial charge >= 0.3 is 0 Å². The normalized spacial score (nSPS) is 26.6. The predicted molar refractivity (Wildman–Crippen MR) is 47.8 cm³/mol. The molecule has 0 radical (unpaired) electrons. The molecule has 0 bridgehead atoms. The largest absolute Gasteiger partial charge is 0.370 e. The maximum absolute atomic E-state index is 11.4. The van der Waals surface area contributed by atoms with E-state index in [1.807, 2.05) is 13.8 Å². The molecule has 0 aliphatic carbocycles. The van der Waals surface area contributed by atoms with Crippen LogP contribution in [0.1, 0.15) is 20.3 Å². The lowest BCUT2D eigenvalue weighted by Gasteiger charge is -2.35. The van der Waals surface area contributed by atoms with Gasteiger partial charge in [-0.05, 0) is 13.8 Å². The molecule has 74 valence electrons. The second kappa shape index (κ2) is 3.33. The van der Waals surface area contributed by atoms with E-state index in [4.69, 9.17) is 5.73 Å². The van der Waals surface area contributed by atoms with Crippen molar-refractivity contribution < 1.29 is 9.59 Å². The van der Waals surface area contributed by atoms with E-state index in [0.717, 1.165) is 0 Å². The second-order valence-corrected chi connectivity index (χ2v) is 3.98. The van der Waals surface area contributed by atoms with E-state index in [1.54, 1.807) is 0 Å². The average molecular weight is 185 g/mol. The Bertz CT molecular complexity index is 238. The van der Waals surface area contributed by atoms with E-state index >= 15 is 0 Å². The number of rotatable bonds is 2. The SMILES string of the molecule is CC1(C)CNC(CC(N)=O)C(=O)N1. The van der Waals surface area contributed by atoms with Crippen LogP contribution in [0.25, 0.3) is 0 Å². The van der Waals surface area contributed by atoms with E-state index in [-0.39, 0.29) is 17.9 Å². The number of nitrogens with two attached hydrogens (primary N) is 1. The van der Waals surface area contributed by atoms with E-state index in [1.165, 1.54) is 0 Å². The number of hydrogen-bond acceptors (Lipinski definition) is 3. The predicted octanol–water partition coefficient (Wildman–Crippen LogP) is -1.27. The van der Waals surface area contributed by atoms with Crippen LogP contribution < -0.4 is 16.4 Å². The highest BCUT2D eigenvalue weighted by atomic mass is 16.2. The molecule has 1 saturated heterocycles. The molecule has 1 fully saturated rings. The lowest BCUT2D eigenvalue weighted by atomic mass is 9.99. The van der Waals surface area contributed by atoms with Crippen LogP contribution >= 0.6 is 0 Å². The van der Waals surface area contributed by atoms with Crippen LogP contribution in [0, 0.1) is 0 Å². The third-order valence-electron chi connectivity index (χ3n) is 1.97. The molecule has 4 N–H and O–H groups in total. The number of carbonyl (C=O) groups is 2. The number of primary amides is 1. The molecule has 1 heterocycles. The monoisotopic (exact) mass is 185 g/mol. The third-order valence-corrected chi connectivity index (χ3v) is 1.97. The molecule has 0 aromatic carbocycles. The Kier molecular flexibility index (Phi) is 2.56. The third kappa shape index (κ3) is 2.69. The van der Waals surface area contributed by atoms with E-state index in [0.29, 0.717) is 6.54 Å². The highest BCUT2D eigenvalue weighted by Gasteiger charge is 2.32. The van der Waals surface area contributed by atoms with Crippen LogP contribution in [0.2, 0.25) is 0 Å². The van der Waals surface area contributed by atoms with Gasteiger partial charge in [0.15, 0.2) is 0 Å². The average Bonchev–Trinajstić information content (AvgIpc) is 1.93. The van der Waals surface area contributed by atoms with Crippen molar-refractivity contribution >= 4 is 11.8 Å². The fourth-order valence-corrected chi connectivity index (χ4v) is 1.30. The standard InChI is InChI=1S/C8H15N3O2/c1-8(2)4-10-5(3-6(9)12)7(13)11-8/h5,10H,3-4H2,1-2H3,(H2,9,12)(H,11,13). The van der Waals surface area contributed by atoms with E-state index in [2.05, 4.69) is 10.6 Å². The highest BCUT2D eigenvalue weighted by molar-refractivity contribution is 5.88. The molecule has 5 heteroatoms. The lowest BCUT2D eigenvalue weighted by molar-refractivity contribution is -0.130. The molecule has 0 aromatic heterocycles. The summed E-state index contributed by atoms with van der Waals surface area (Å²) in [5.41, 5.74) is 4.75.